The highest BCUT2D eigenvalue weighted by Gasteiger charge is 2.04. The molecule has 0 saturated carbocycles. The molecule has 0 unspecified atom stereocenters. The van der Waals surface area contributed by atoms with E-state index >= 15 is 0 Å². The molecule has 0 aliphatic rings. The lowest BCUT2D eigenvalue weighted by atomic mass is 10.1. The molecule has 0 heterocycles. The van der Waals surface area contributed by atoms with Gasteiger partial charge < -0.3 is 9.47 Å². The number of rotatable bonds is 3. The Kier molecular flexibility index (Phi) is 3.94. The van der Waals surface area contributed by atoms with Crippen LogP contribution in [0, 0.1) is 22.7 Å². The van der Waals surface area contributed by atoms with Gasteiger partial charge in [-0.3, -0.25) is 0 Å². The van der Waals surface area contributed by atoms with E-state index in [1.54, 1.807) is 37.4 Å². The van der Waals surface area contributed by atoms with Crippen LogP contribution in [0.2, 0.25) is 0 Å². The van der Waals surface area contributed by atoms with Crippen molar-refractivity contribution in [2.75, 3.05) is 14.2 Å². The van der Waals surface area contributed by atoms with Gasteiger partial charge >= 0.3 is 0 Å². The van der Waals surface area contributed by atoms with E-state index in [4.69, 9.17) is 20.0 Å². The summed E-state index contributed by atoms with van der Waals surface area (Å²) >= 11 is 0. The van der Waals surface area contributed by atoms with Crippen molar-refractivity contribution in [1.29, 1.82) is 10.5 Å². The maximum absolute atomic E-state index is 8.65. The lowest BCUT2D eigenvalue weighted by Crippen LogP contribution is -1.90. The summed E-state index contributed by atoms with van der Waals surface area (Å²) in [5.41, 5.74) is 0.699. The van der Waals surface area contributed by atoms with Crippen molar-refractivity contribution in [1.82, 2.24) is 0 Å². The van der Waals surface area contributed by atoms with Crippen LogP contribution in [-0.4, -0.2) is 14.2 Å². The lowest BCUT2D eigenvalue weighted by Gasteiger charge is -2.06. The molecular formula is C12H10N2O2. The SMILES string of the molecule is COc1ccc(C=C(C#N)C#N)c(OC)c1. The summed E-state index contributed by atoms with van der Waals surface area (Å²) in [4.78, 5) is 0. The van der Waals surface area contributed by atoms with Gasteiger partial charge in [-0.2, -0.15) is 10.5 Å². The van der Waals surface area contributed by atoms with Crippen molar-refractivity contribution in [2.24, 2.45) is 0 Å². The molecule has 1 aromatic carbocycles. The Labute approximate surface area is 93.9 Å². The van der Waals surface area contributed by atoms with Crippen LogP contribution in [0.15, 0.2) is 23.8 Å². The largest absolute Gasteiger partial charge is 0.497 e. The van der Waals surface area contributed by atoms with Crippen LogP contribution >= 0.6 is 0 Å². The van der Waals surface area contributed by atoms with Crippen molar-refractivity contribution >= 4 is 6.08 Å². The first-order valence-corrected chi connectivity index (χ1v) is 4.49. The molecule has 4 nitrogen and oxygen atoms in total. The molecule has 0 aliphatic heterocycles. The van der Waals surface area contributed by atoms with Gasteiger partial charge in [0.15, 0.2) is 0 Å². The van der Waals surface area contributed by atoms with Gasteiger partial charge in [0.1, 0.15) is 29.2 Å². The van der Waals surface area contributed by atoms with Crippen molar-refractivity contribution in [3.8, 4) is 23.6 Å². The highest BCUT2D eigenvalue weighted by Crippen LogP contribution is 2.26. The van der Waals surface area contributed by atoms with E-state index in [0.717, 1.165) is 0 Å². The standard InChI is InChI=1S/C12H10N2O2/c1-15-11-4-3-10(12(6-11)16-2)5-9(7-13)8-14/h3-6H,1-2H3. The normalized spacial score (nSPS) is 8.50. The molecule has 0 fully saturated rings. The lowest BCUT2D eigenvalue weighted by molar-refractivity contribution is 0.394. The number of benzene rings is 1. The summed E-state index contributed by atoms with van der Waals surface area (Å²) in [7, 11) is 3.07. The van der Waals surface area contributed by atoms with E-state index in [1.165, 1.54) is 13.2 Å². The third-order valence-electron chi connectivity index (χ3n) is 1.98. The van der Waals surface area contributed by atoms with E-state index in [2.05, 4.69) is 0 Å². The summed E-state index contributed by atoms with van der Waals surface area (Å²) in [5, 5.41) is 17.3. The Morgan fingerprint density at radius 1 is 1.19 bits per heavy atom. The number of nitriles is 2. The molecule has 0 amide bonds. The van der Waals surface area contributed by atoms with E-state index in [-0.39, 0.29) is 5.57 Å². The maximum Gasteiger partial charge on any atom is 0.130 e. The second kappa shape index (κ2) is 5.43. The molecule has 4 heteroatoms. The van der Waals surface area contributed by atoms with E-state index < -0.39 is 0 Å². The summed E-state index contributed by atoms with van der Waals surface area (Å²) in [6, 6.07) is 8.74. The molecule has 0 atom stereocenters. The van der Waals surface area contributed by atoms with Gasteiger partial charge in [0.05, 0.1) is 14.2 Å². The van der Waals surface area contributed by atoms with Crippen LogP contribution in [0.3, 0.4) is 0 Å². The fourth-order valence-electron chi connectivity index (χ4n) is 1.18. The van der Waals surface area contributed by atoms with Crippen LogP contribution in [0.25, 0.3) is 6.08 Å². The second-order valence-electron chi connectivity index (χ2n) is 2.89. The van der Waals surface area contributed by atoms with Crippen LogP contribution in [0.1, 0.15) is 5.56 Å². The summed E-state index contributed by atoms with van der Waals surface area (Å²) in [6.07, 6.45) is 1.47. The second-order valence-corrected chi connectivity index (χ2v) is 2.89. The van der Waals surface area contributed by atoms with Crippen LogP contribution in [0.4, 0.5) is 0 Å². The Morgan fingerprint density at radius 2 is 1.88 bits per heavy atom. The molecule has 16 heavy (non-hydrogen) atoms. The first kappa shape index (κ1) is 11.6. The molecular weight excluding hydrogens is 204 g/mol. The van der Waals surface area contributed by atoms with Gasteiger partial charge in [-0.25, -0.2) is 0 Å². The van der Waals surface area contributed by atoms with Gasteiger partial charge in [0.25, 0.3) is 0 Å². The van der Waals surface area contributed by atoms with Crippen molar-refractivity contribution in [3.05, 3.63) is 29.3 Å². The third kappa shape index (κ3) is 2.52. The third-order valence-corrected chi connectivity index (χ3v) is 1.98. The summed E-state index contributed by atoms with van der Waals surface area (Å²) in [6.45, 7) is 0. The highest BCUT2D eigenvalue weighted by atomic mass is 16.5. The van der Waals surface area contributed by atoms with Gasteiger partial charge in [0.2, 0.25) is 0 Å². The zero-order valence-electron chi connectivity index (χ0n) is 9.02. The fourth-order valence-corrected chi connectivity index (χ4v) is 1.18. The van der Waals surface area contributed by atoms with E-state index in [0.29, 0.717) is 17.1 Å². The molecule has 1 rings (SSSR count). The molecule has 80 valence electrons. The smallest absolute Gasteiger partial charge is 0.130 e. The zero-order chi connectivity index (χ0) is 12.0. The highest BCUT2D eigenvalue weighted by molar-refractivity contribution is 5.67. The zero-order valence-corrected chi connectivity index (χ0v) is 9.02. The average molecular weight is 214 g/mol. The van der Waals surface area contributed by atoms with Gasteiger partial charge in [-0.15, -0.1) is 0 Å². The summed E-state index contributed by atoms with van der Waals surface area (Å²) in [5.74, 6) is 1.21. The number of ether oxygens (including phenoxy) is 2. The first-order chi connectivity index (χ1) is 7.74. The number of methoxy groups -OCH3 is 2. The number of hydrogen-bond acceptors (Lipinski definition) is 4. The fraction of sp³-hybridized carbons (Fsp3) is 0.167. The Morgan fingerprint density at radius 3 is 2.38 bits per heavy atom. The minimum absolute atomic E-state index is 0.0310. The van der Waals surface area contributed by atoms with E-state index in [9.17, 15) is 0 Å². The molecule has 0 bridgehead atoms. The Bertz CT molecular complexity index is 477. The van der Waals surface area contributed by atoms with Gasteiger partial charge in [-0.1, -0.05) is 0 Å². The Balaban J connectivity index is 3.21. The first-order valence-electron chi connectivity index (χ1n) is 4.49. The number of hydrogen-bond donors (Lipinski definition) is 0. The summed E-state index contributed by atoms with van der Waals surface area (Å²) < 4.78 is 10.2. The molecule has 0 N–H and O–H groups in total. The van der Waals surface area contributed by atoms with Crippen LogP contribution < -0.4 is 9.47 Å². The van der Waals surface area contributed by atoms with Crippen LogP contribution in [0.5, 0.6) is 11.5 Å². The molecule has 0 radical (unpaired) electrons. The number of allylic oxidation sites excluding steroid dienone is 1. The van der Waals surface area contributed by atoms with E-state index in [1.807, 2.05) is 0 Å². The molecule has 0 aromatic heterocycles. The molecule has 0 saturated heterocycles. The average Bonchev–Trinajstić information content (AvgIpc) is 2.35. The topological polar surface area (TPSA) is 66.0 Å². The predicted octanol–water partition coefficient (Wildman–Crippen LogP) is 2.13. The maximum atomic E-state index is 8.65. The predicted molar refractivity (Wildman–Crippen MR) is 58.7 cm³/mol. The minimum Gasteiger partial charge on any atom is -0.497 e. The quantitative estimate of drug-likeness (QED) is 0.723. The Hall–Kier alpha value is -2.46. The molecule has 0 aliphatic carbocycles. The monoisotopic (exact) mass is 214 g/mol. The number of nitrogens with zero attached hydrogens (tertiary/aromatic N) is 2. The van der Waals surface area contributed by atoms with Crippen molar-refractivity contribution in [3.63, 3.8) is 0 Å². The van der Waals surface area contributed by atoms with Gasteiger partial charge in [-0.05, 0) is 18.2 Å². The minimum atomic E-state index is 0.0310. The van der Waals surface area contributed by atoms with Crippen LogP contribution in [-0.2, 0) is 0 Å². The van der Waals surface area contributed by atoms with Gasteiger partial charge in [0, 0.05) is 11.6 Å². The molecule has 1 aromatic rings. The van der Waals surface area contributed by atoms with Crippen molar-refractivity contribution < 1.29 is 9.47 Å². The van der Waals surface area contributed by atoms with Crippen molar-refractivity contribution in [2.45, 2.75) is 0 Å². The molecule has 0 spiro atoms.